The maximum absolute atomic E-state index is 12.1. The number of amides is 2. The quantitative estimate of drug-likeness (QED) is 0.725. The minimum atomic E-state index is -0.123. The SMILES string of the molecule is CN1CCC(N(C)CC(=O)N2CCNCC2)C1=O.Cl. The van der Waals surface area contributed by atoms with Crippen molar-refractivity contribution in [3.63, 3.8) is 0 Å². The predicted octanol–water partition coefficient (Wildman–Crippen LogP) is -0.997. The fourth-order valence-corrected chi connectivity index (χ4v) is 2.55. The molecule has 2 heterocycles. The Bertz CT molecular complexity index is 334. The number of hydrogen-bond acceptors (Lipinski definition) is 4. The van der Waals surface area contributed by atoms with Crippen molar-refractivity contribution in [1.29, 1.82) is 0 Å². The van der Waals surface area contributed by atoms with Gasteiger partial charge in [0, 0.05) is 39.8 Å². The average molecular weight is 291 g/mol. The van der Waals surface area contributed by atoms with Crippen LogP contribution in [0.5, 0.6) is 0 Å². The Morgan fingerprint density at radius 2 is 2.00 bits per heavy atom. The number of rotatable bonds is 3. The van der Waals surface area contributed by atoms with Crippen molar-refractivity contribution in [2.24, 2.45) is 0 Å². The van der Waals surface area contributed by atoms with Crippen LogP contribution in [0.25, 0.3) is 0 Å². The number of hydrogen-bond donors (Lipinski definition) is 1. The predicted molar refractivity (Wildman–Crippen MR) is 75.4 cm³/mol. The molecule has 110 valence electrons. The number of likely N-dealkylation sites (tertiary alicyclic amines) is 1. The number of likely N-dealkylation sites (N-methyl/N-ethyl adjacent to an activating group) is 2. The Hall–Kier alpha value is -0.850. The highest BCUT2D eigenvalue weighted by atomic mass is 35.5. The molecule has 7 heteroatoms. The molecule has 6 nitrogen and oxygen atoms in total. The molecule has 2 aliphatic rings. The summed E-state index contributed by atoms with van der Waals surface area (Å²) < 4.78 is 0. The van der Waals surface area contributed by atoms with Gasteiger partial charge < -0.3 is 15.1 Å². The first-order chi connectivity index (χ1) is 8.59. The number of carbonyl (C=O) groups is 2. The van der Waals surface area contributed by atoms with Gasteiger partial charge >= 0.3 is 0 Å². The summed E-state index contributed by atoms with van der Waals surface area (Å²) in [6.45, 7) is 4.39. The molecule has 1 atom stereocenters. The van der Waals surface area contributed by atoms with Gasteiger partial charge in [-0.3, -0.25) is 14.5 Å². The Morgan fingerprint density at radius 3 is 2.53 bits per heavy atom. The molecule has 0 bridgehead atoms. The molecular weight excluding hydrogens is 268 g/mol. The summed E-state index contributed by atoms with van der Waals surface area (Å²) in [6.07, 6.45) is 0.820. The van der Waals surface area contributed by atoms with Crippen LogP contribution in [0, 0.1) is 0 Å². The van der Waals surface area contributed by atoms with Gasteiger partial charge in [0.05, 0.1) is 12.6 Å². The van der Waals surface area contributed by atoms with Gasteiger partial charge in [-0.15, -0.1) is 12.4 Å². The normalized spacial score (nSPS) is 23.7. The van der Waals surface area contributed by atoms with Gasteiger partial charge in [0.25, 0.3) is 0 Å². The van der Waals surface area contributed by atoms with Crippen LogP contribution in [0.15, 0.2) is 0 Å². The van der Waals surface area contributed by atoms with Crippen molar-refractivity contribution < 1.29 is 9.59 Å². The first-order valence-corrected chi connectivity index (χ1v) is 6.53. The number of carbonyl (C=O) groups excluding carboxylic acids is 2. The Labute approximate surface area is 120 Å². The molecule has 2 rings (SSSR count). The van der Waals surface area contributed by atoms with Gasteiger partial charge in [0.2, 0.25) is 11.8 Å². The molecule has 0 aromatic heterocycles. The molecule has 2 saturated heterocycles. The van der Waals surface area contributed by atoms with Gasteiger partial charge in [0.15, 0.2) is 0 Å². The lowest BCUT2D eigenvalue weighted by atomic mass is 10.2. The molecule has 1 unspecified atom stereocenters. The van der Waals surface area contributed by atoms with Gasteiger partial charge in [-0.25, -0.2) is 0 Å². The van der Waals surface area contributed by atoms with Crippen LogP contribution in [-0.2, 0) is 9.59 Å². The lowest BCUT2D eigenvalue weighted by Crippen LogP contribution is -2.51. The van der Waals surface area contributed by atoms with E-state index < -0.39 is 0 Å². The summed E-state index contributed by atoms with van der Waals surface area (Å²) in [5.74, 6) is 0.256. The second-order valence-electron chi connectivity index (χ2n) is 5.11. The minimum Gasteiger partial charge on any atom is -0.344 e. The van der Waals surface area contributed by atoms with E-state index in [1.54, 1.807) is 4.90 Å². The first-order valence-electron chi connectivity index (χ1n) is 6.53. The number of halogens is 1. The summed E-state index contributed by atoms with van der Waals surface area (Å²) in [4.78, 5) is 29.4. The van der Waals surface area contributed by atoms with Crippen molar-refractivity contribution in [3.8, 4) is 0 Å². The van der Waals surface area contributed by atoms with E-state index in [0.29, 0.717) is 6.54 Å². The maximum Gasteiger partial charge on any atom is 0.239 e. The summed E-state index contributed by atoms with van der Waals surface area (Å²) >= 11 is 0. The molecule has 1 N–H and O–H groups in total. The smallest absolute Gasteiger partial charge is 0.239 e. The van der Waals surface area contributed by atoms with E-state index in [2.05, 4.69) is 5.32 Å². The van der Waals surface area contributed by atoms with Crippen molar-refractivity contribution in [2.45, 2.75) is 12.5 Å². The molecule has 0 spiro atoms. The highest BCUT2D eigenvalue weighted by Crippen LogP contribution is 2.14. The molecule has 2 amide bonds. The molecular formula is C12H23ClN4O2. The summed E-state index contributed by atoms with van der Waals surface area (Å²) in [6, 6.07) is -0.123. The van der Waals surface area contributed by atoms with Crippen LogP contribution in [-0.4, -0.2) is 85.9 Å². The number of nitrogens with one attached hydrogen (secondary N) is 1. The molecule has 19 heavy (non-hydrogen) atoms. The van der Waals surface area contributed by atoms with E-state index in [1.165, 1.54) is 0 Å². The van der Waals surface area contributed by atoms with E-state index >= 15 is 0 Å². The van der Waals surface area contributed by atoms with Crippen molar-refractivity contribution >= 4 is 24.2 Å². The monoisotopic (exact) mass is 290 g/mol. The van der Waals surface area contributed by atoms with Gasteiger partial charge in [-0.2, -0.15) is 0 Å². The second kappa shape index (κ2) is 7.07. The average Bonchev–Trinajstić information content (AvgIpc) is 2.71. The fraction of sp³-hybridized carbons (Fsp3) is 0.833. The van der Waals surface area contributed by atoms with E-state index in [9.17, 15) is 9.59 Å². The van der Waals surface area contributed by atoms with Crippen LogP contribution in [0.4, 0.5) is 0 Å². The van der Waals surface area contributed by atoms with Crippen molar-refractivity contribution in [2.75, 3.05) is 53.4 Å². The standard InChI is InChI=1S/C12H22N4O2.ClH/c1-14-6-3-10(12(14)18)15(2)9-11(17)16-7-4-13-5-8-16;/h10,13H,3-9H2,1-2H3;1H. The summed E-state index contributed by atoms with van der Waals surface area (Å²) in [5, 5.41) is 3.22. The van der Waals surface area contributed by atoms with Crippen LogP contribution in [0.3, 0.4) is 0 Å². The topological polar surface area (TPSA) is 55.9 Å². The van der Waals surface area contributed by atoms with E-state index in [-0.39, 0.29) is 30.3 Å². The molecule has 0 aromatic rings. The molecule has 0 aliphatic carbocycles. The molecule has 0 radical (unpaired) electrons. The first kappa shape index (κ1) is 16.2. The Balaban J connectivity index is 0.00000180. The van der Waals surface area contributed by atoms with E-state index in [1.807, 2.05) is 23.9 Å². The molecule has 2 fully saturated rings. The van der Waals surface area contributed by atoms with Crippen LogP contribution in [0.1, 0.15) is 6.42 Å². The van der Waals surface area contributed by atoms with Gasteiger partial charge in [0.1, 0.15) is 0 Å². The largest absolute Gasteiger partial charge is 0.344 e. The van der Waals surface area contributed by atoms with Gasteiger partial charge in [-0.1, -0.05) is 0 Å². The summed E-state index contributed by atoms with van der Waals surface area (Å²) in [7, 11) is 3.68. The van der Waals surface area contributed by atoms with Crippen LogP contribution in [0.2, 0.25) is 0 Å². The zero-order valence-electron chi connectivity index (χ0n) is 11.6. The third-order valence-electron chi connectivity index (χ3n) is 3.79. The zero-order chi connectivity index (χ0) is 13.1. The van der Waals surface area contributed by atoms with Crippen LogP contribution < -0.4 is 5.32 Å². The Kier molecular flexibility index (Phi) is 6.03. The number of nitrogens with zero attached hydrogens (tertiary/aromatic N) is 3. The fourth-order valence-electron chi connectivity index (χ4n) is 2.55. The third kappa shape index (κ3) is 3.81. The second-order valence-corrected chi connectivity index (χ2v) is 5.11. The van der Waals surface area contributed by atoms with Crippen molar-refractivity contribution in [1.82, 2.24) is 20.0 Å². The molecule has 2 aliphatic heterocycles. The number of piperazine rings is 1. The summed E-state index contributed by atoms with van der Waals surface area (Å²) in [5.41, 5.74) is 0. The minimum absolute atomic E-state index is 0. The third-order valence-corrected chi connectivity index (χ3v) is 3.79. The highest BCUT2D eigenvalue weighted by molar-refractivity contribution is 5.85. The zero-order valence-corrected chi connectivity index (χ0v) is 12.4. The highest BCUT2D eigenvalue weighted by Gasteiger charge is 2.33. The lowest BCUT2D eigenvalue weighted by Gasteiger charge is -2.30. The molecule has 0 saturated carbocycles. The van der Waals surface area contributed by atoms with E-state index in [0.717, 1.165) is 39.1 Å². The maximum atomic E-state index is 12.1. The van der Waals surface area contributed by atoms with Gasteiger partial charge in [-0.05, 0) is 13.5 Å². The van der Waals surface area contributed by atoms with Crippen molar-refractivity contribution in [3.05, 3.63) is 0 Å². The Morgan fingerprint density at radius 1 is 1.37 bits per heavy atom. The lowest BCUT2D eigenvalue weighted by molar-refractivity contribution is -0.135. The molecule has 0 aromatic carbocycles. The van der Waals surface area contributed by atoms with E-state index in [4.69, 9.17) is 0 Å². The van der Waals surface area contributed by atoms with Crippen LogP contribution >= 0.6 is 12.4 Å².